The minimum absolute atomic E-state index is 0.215. The first kappa shape index (κ1) is 47.8. The van der Waals surface area contributed by atoms with E-state index in [0.717, 1.165) is 56.3 Å². The molecule has 0 atom stereocenters. The molecule has 0 unspecified atom stereocenters. The summed E-state index contributed by atoms with van der Waals surface area (Å²) < 4.78 is 101. The molecule has 0 radical (unpaired) electrons. The first-order chi connectivity index (χ1) is 29.0. The quantitative estimate of drug-likeness (QED) is 0.0844. The summed E-state index contributed by atoms with van der Waals surface area (Å²) in [5.41, 5.74) is 2.38. The normalized spacial score (nSPS) is 14.5. The predicted octanol–water partition coefficient (Wildman–Crippen LogP) is 10.9. The number of carbonyl (C=O) groups excluding carboxylic acids is 2. The minimum atomic E-state index is -4.36. The molecule has 1 saturated heterocycles. The van der Waals surface area contributed by atoms with Crippen molar-refractivity contribution < 1.29 is 54.7 Å². The Bertz CT molecular complexity index is 2500. The zero-order valence-electron chi connectivity index (χ0n) is 35.4. The molecule has 2 aromatic heterocycles. The Morgan fingerprint density at radius 1 is 0.661 bits per heavy atom. The fraction of sp³-hybridized carbons (Fsp3) is 0.364. The molecular formula is C44H46BBrF6N4O6. The fourth-order valence-corrected chi connectivity index (χ4v) is 7.24. The van der Waals surface area contributed by atoms with Crippen LogP contribution < -0.4 is 0 Å². The van der Waals surface area contributed by atoms with E-state index in [0.29, 0.717) is 42.5 Å². The van der Waals surface area contributed by atoms with Gasteiger partial charge in [0.15, 0.2) is 11.4 Å². The summed E-state index contributed by atoms with van der Waals surface area (Å²) in [5.74, 6) is -0.953. The van der Waals surface area contributed by atoms with Crippen LogP contribution in [0.1, 0.15) is 90.3 Å². The Balaban J connectivity index is 0.000000181. The maximum Gasteiger partial charge on any atom is 0.462 e. The number of ether oxygens (including phenoxy) is 2. The highest BCUT2D eigenvalue weighted by Gasteiger charge is 2.50. The summed E-state index contributed by atoms with van der Waals surface area (Å²) in [5, 5.41) is 10.0. The summed E-state index contributed by atoms with van der Waals surface area (Å²) in [4.78, 5) is 23.7. The molecule has 0 amide bonds. The van der Waals surface area contributed by atoms with Gasteiger partial charge in [-0.2, -0.15) is 36.5 Å². The number of benzene rings is 4. The van der Waals surface area contributed by atoms with Crippen LogP contribution in [-0.2, 0) is 57.0 Å². The number of aryl methyl sites for hydroxylation is 2. The third-order valence-electron chi connectivity index (χ3n) is 10.6. The van der Waals surface area contributed by atoms with Crippen LogP contribution in [0, 0.1) is 0 Å². The molecule has 18 heteroatoms. The number of rotatable bonds is 8. The smallest absolute Gasteiger partial charge is 0.462 e. The van der Waals surface area contributed by atoms with Crippen molar-refractivity contribution in [1.82, 2.24) is 19.6 Å². The number of hydrogen-bond donors (Lipinski definition) is 0. The molecule has 1 fully saturated rings. The Kier molecular flexibility index (Phi) is 14.7. The SMILES string of the molecule is CC1(C)OB(Cc2ccc(C(F)(F)F)cc2)OC1(C)C.CCn1nc(C(=O)OC)c2c(Br)cccc21.CCn1nc(C(=O)OC)c2c(Cc3ccc(C(F)(F)F)cc3)cccc21. The number of aromatic nitrogens is 4. The molecule has 0 N–H and O–H groups in total. The number of esters is 2. The lowest BCUT2D eigenvalue weighted by Gasteiger charge is -2.32. The van der Waals surface area contributed by atoms with Crippen molar-refractivity contribution in [3.8, 4) is 0 Å². The second-order valence-corrected chi connectivity index (χ2v) is 16.1. The number of nitrogens with zero attached hydrogens (tertiary/aromatic N) is 4. The van der Waals surface area contributed by atoms with Gasteiger partial charge in [-0.3, -0.25) is 9.36 Å². The maximum atomic E-state index is 12.7. The zero-order chi connectivity index (χ0) is 45.8. The van der Waals surface area contributed by atoms with E-state index >= 15 is 0 Å². The number of fused-ring (bicyclic) bond motifs is 2. The summed E-state index contributed by atoms with van der Waals surface area (Å²) in [7, 11) is 2.21. The number of halogens is 7. The summed E-state index contributed by atoms with van der Waals surface area (Å²) in [6, 6.07) is 21.4. The van der Waals surface area contributed by atoms with Gasteiger partial charge in [0, 0.05) is 34.7 Å². The standard InChI is InChI=1S/C19H17F3N2O2.C14H18BF3O2.C11H11BrN2O2/c1-3-24-15-6-4-5-13(16(15)17(23-24)18(25)26-2)11-12-7-9-14(10-8-12)19(20,21)22;1-12(2)13(3,4)20-15(19-12)9-10-5-7-11(8-6-10)14(16,17)18;1-3-14-8-6-4-5-7(12)9(8)10(13-14)11(15)16-2/h4-10H,3,11H2,1-2H3;5-8H,9H2,1-4H3;4-6H,3H2,1-2H3. The Morgan fingerprint density at radius 3 is 1.52 bits per heavy atom. The number of hydrogen-bond acceptors (Lipinski definition) is 8. The van der Waals surface area contributed by atoms with Gasteiger partial charge >= 0.3 is 31.4 Å². The van der Waals surface area contributed by atoms with Gasteiger partial charge in [-0.1, -0.05) is 58.4 Å². The van der Waals surface area contributed by atoms with Crippen LogP contribution in [0.2, 0.25) is 0 Å². The molecule has 0 spiro atoms. The first-order valence-corrected chi connectivity index (χ1v) is 20.3. The van der Waals surface area contributed by atoms with Gasteiger partial charge in [0.25, 0.3) is 0 Å². The Hall–Kier alpha value is -5.20. The summed E-state index contributed by atoms with van der Waals surface area (Å²) in [6.07, 6.45) is -7.85. The van der Waals surface area contributed by atoms with Crippen molar-refractivity contribution in [3.05, 3.63) is 129 Å². The van der Waals surface area contributed by atoms with E-state index in [9.17, 15) is 35.9 Å². The van der Waals surface area contributed by atoms with E-state index in [-0.39, 0.29) is 5.69 Å². The van der Waals surface area contributed by atoms with E-state index in [2.05, 4.69) is 26.1 Å². The van der Waals surface area contributed by atoms with Crippen LogP contribution >= 0.6 is 15.9 Å². The van der Waals surface area contributed by atoms with E-state index in [1.807, 2.05) is 77.9 Å². The maximum absolute atomic E-state index is 12.7. The third-order valence-corrected chi connectivity index (χ3v) is 11.3. The zero-order valence-corrected chi connectivity index (χ0v) is 37.0. The molecule has 3 heterocycles. The molecule has 330 valence electrons. The van der Waals surface area contributed by atoms with Crippen molar-refractivity contribution in [1.29, 1.82) is 0 Å². The summed E-state index contributed by atoms with van der Waals surface area (Å²) >= 11 is 3.43. The van der Waals surface area contributed by atoms with Crippen LogP contribution in [0.25, 0.3) is 21.8 Å². The Labute approximate surface area is 363 Å². The van der Waals surface area contributed by atoms with E-state index in [1.165, 1.54) is 38.5 Å². The molecule has 1 aliphatic heterocycles. The minimum Gasteiger partial charge on any atom is -0.464 e. The predicted molar refractivity (Wildman–Crippen MR) is 227 cm³/mol. The van der Waals surface area contributed by atoms with Gasteiger partial charge < -0.3 is 18.8 Å². The molecule has 0 aliphatic carbocycles. The van der Waals surface area contributed by atoms with E-state index in [1.54, 1.807) is 9.36 Å². The highest BCUT2D eigenvalue weighted by atomic mass is 79.9. The molecular weight excluding hydrogens is 885 g/mol. The molecule has 10 nitrogen and oxygen atoms in total. The molecule has 4 aromatic carbocycles. The monoisotopic (exact) mass is 930 g/mol. The van der Waals surface area contributed by atoms with Crippen LogP contribution in [0.5, 0.6) is 0 Å². The molecule has 1 aliphatic rings. The number of alkyl halides is 6. The van der Waals surface area contributed by atoms with Crippen molar-refractivity contribution in [2.45, 2.75) is 90.9 Å². The van der Waals surface area contributed by atoms with Crippen LogP contribution in [0.4, 0.5) is 26.3 Å². The summed E-state index contributed by atoms with van der Waals surface area (Å²) in [6.45, 7) is 13.0. The molecule has 0 saturated carbocycles. The second-order valence-electron chi connectivity index (χ2n) is 15.2. The molecule has 7 rings (SSSR count). The van der Waals surface area contributed by atoms with Crippen molar-refractivity contribution in [2.24, 2.45) is 0 Å². The van der Waals surface area contributed by atoms with E-state index < -0.39 is 53.7 Å². The highest BCUT2D eigenvalue weighted by molar-refractivity contribution is 9.10. The van der Waals surface area contributed by atoms with Gasteiger partial charge in [0.05, 0.1) is 47.6 Å². The van der Waals surface area contributed by atoms with Gasteiger partial charge in [0.2, 0.25) is 0 Å². The molecule has 62 heavy (non-hydrogen) atoms. The highest BCUT2D eigenvalue weighted by Crippen LogP contribution is 2.38. The third kappa shape index (κ3) is 10.7. The van der Waals surface area contributed by atoms with Crippen LogP contribution in [0.15, 0.2) is 89.4 Å². The lowest BCUT2D eigenvalue weighted by Crippen LogP contribution is -2.41. The average Bonchev–Trinajstić information content (AvgIpc) is 3.86. The van der Waals surface area contributed by atoms with Gasteiger partial charge in [-0.15, -0.1) is 0 Å². The molecule has 6 aromatic rings. The average molecular weight is 932 g/mol. The second kappa shape index (κ2) is 19.0. The van der Waals surface area contributed by atoms with Gasteiger partial charge in [-0.25, -0.2) is 9.59 Å². The van der Waals surface area contributed by atoms with Crippen LogP contribution in [-0.4, -0.2) is 64.0 Å². The first-order valence-electron chi connectivity index (χ1n) is 19.5. The molecule has 0 bridgehead atoms. The van der Waals surface area contributed by atoms with Crippen molar-refractivity contribution >= 4 is 56.8 Å². The van der Waals surface area contributed by atoms with Gasteiger partial charge in [0.1, 0.15) is 0 Å². The van der Waals surface area contributed by atoms with E-state index in [4.69, 9.17) is 18.8 Å². The lowest BCUT2D eigenvalue weighted by atomic mass is 9.80. The van der Waals surface area contributed by atoms with Gasteiger partial charge in [-0.05, 0) is 107 Å². The lowest BCUT2D eigenvalue weighted by molar-refractivity contribution is -0.138. The van der Waals surface area contributed by atoms with Crippen molar-refractivity contribution in [3.63, 3.8) is 0 Å². The number of methoxy groups -OCH3 is 2. The Morgan fingerprint density at radius 2 is 1.08 bits per heavy atom. The number of carbonyl (C=O) groups is 2. The fourth-order valence-electron chi connectivity index (χ4n) is 6.70. The topological polar surface area (TPSA) is 107 Å². The van der Waals surface area contributed by atoms with Crippen LogP contribution in [0.3, 0.4) is 0 Å². The largest absolute Gasteiger partial charge is 0.464 e. The van der Waals surface area contributed by atoms with Crippen molar-refractivity contribution in [2.75, 3.05) is 14.2 Å².